The van der Waals surface area contributed by atoms with Gasteiger partial charge < -0.3 is 5.32 Å². The van der Waals surface area contributed by atoms with E-state index in [-0.39, 0.29) is 0 Å². The first-order valence-corrected chi connectivity index (χ1v) is 8.08. The van der Waals surface area contributed by atoms with Crippen molar-refractivity contribution in [1.82, 2.24) is 14.6 Å². The minimum Gasteiger partial charge on any atom is -0.365 e. The van der Waals surface area contributed by atoms with E-state index in [0.717, 1.165) is 17.0 Å². The zero-order chi connectivity index (χ0) is 15.0. The Bertz CT molecular complexity index is 627. The van der Waals surface area contributed by atoms with E-state index in [1.54, 1.807) is 0 Å². The lowest BCUT2D eigenvalue weighted by molar-refractivity contribution is 0.217. The van der Waals surface area contributed by atoms with Gasteiger partial charge in [0.1, 0.15) is 5.52 Å². The molecule has 0 amide bonds. The molecule has 4 nitrogen and oxygen atoms in total. The van der Waals surface area contributed by atoms with Crippen LogP contribution >= 0.6 is 0 Å². The summed E-state index contributed by atoms with van der Waals surface area (Å²) in [6.07, 6.45) is 8.92. The third kappa shape index (κ3) is 2.76. The highest BCUT2D eigenvalue weighted by atomic mass is 15.2. The van der Waals surface area contributed by atoms with E-state index < -0.39 is 0 Å². The van der Waals surface area contributed by atoms with Gasteiger partial charge >= 0.3 is 0 Å². The van der Waals surface area contributed by atoms with Gasteiger partial charge in [0.15, 0.2) is 5.82 Å². The Morgan fingerprint density at radius 1 is 1.33 bits per heavy atom. The highest BCUT2D eigenvalue weighted by Crippen LogP contribution is 2.37. The zero-order valence-corrected chi connectivity index (χ0v) is 13.6. The summed E-state index contributed by atoms with van der Waals surface area (Å²) in [5, 5.41) is 8.33. The molecule has 1 unspecified atom stereocenters. The van der Waals surface area contributed by atoms with Gasteiger partial charge in [0.05, 0.1) is 5.69 Å². The molecular weight excluding hydrogens is 260 g/mol. The number of anilines is 1. The van der Waals surface area contributed by atoms with Crippen molar-refractivity contribution in [1.29, 1.82) is 0 Å². The number of nitrogens with one attached hydrogen (secondary N) is 1. The van der Waals surface area contributed by atoms with Crippen LogP contribution in [0, 0.1) is 5.41 Å². The SMILES string of the molecule is CC(C)c1cc2c(NC3CCCCC3(C)C)nccn2n1. The van der Waals surface area contributed by atoms with E-state index in [2.05, 4.69) is 49.2 Å². The van der Waals surface area contributed by atoms with Crippen molar-refractivity contribution in [3.63, 3.8) is 0 Å². The van der Waals surface area contributed by atoms with Gasteiger partial charge in [-0.15, -0.1) is 0 Å². The maximum Gasteiger partial charge on any atom is 0.152 e. The third-order valence-electron chi connectivity index (χ3n) is 4.82. The standard InChI is InChI=1S/C17H26N4/c1-12(2)13-11-14-16(18-9-10-21(14)20-13)19-15-7-5-6-8-17(15,3)4/h9-12,15H,5-8H2,1-4H3,(H,18,19). The summed E-state index contributed by atoms with van der Waals surface area (Å²) in [4.78, 5) is 4.57. The second kappa shape index (κ2) is 5.32. The van der Waals surface area contributed by atoms with Crippen molar-refractivity contribution in [3.05, 3.63) is 24.2 Å². The van der Waals surface area contributed by atoms with Gasteiger partial charge in [-0.25, -0.2) is 9.50 Å². The van der Waals surface area contributed by atoms with E-state index in [4.69, 9.17) is 0 Å². The van der Waals surface area contributed by atoms with E-state index in [1.165, 1.54) is 25.7 Å². The second-order valence-electron chi connectivity index (χ2n) is 7.26. The van der Waals surface area contributed by atoms with Gasteiger partial charge in [-0.2, -0.15) is 5.10 Å². The summed E-state index contributed by atoms with van der Waals surface area (Å²) in [7, 11) is 0. The Balaban J connectivity index is 1.93. The van der Waals surface area contributed by atoms with Crippen molar-refractivity contribution in [2.45, 2.75) is 65.3 Å². The topological polar surface area (TPSA) is 42.2 Å². The maximum atomic E-state index is 4.64. The minimum absolute atomic E-state index is 0.327. The molecule has 1 fully saturated rings. The van der Waals surface area contributed by atoms with Crippen molar-refractivity contribution in [2.24, 2.45) is 5.41 Å². The van der Waals surface area contributed by atoms with Crippen LogP contribution in [-0.2, 0) is 0 Å². The molecule has 114 valence electrons. The summed E-state index contributed by atoms with van der Waals surface area (Å²) in [5.74, 6) is 1.40. The average Bonchev–Trinajstić information content (AvgIpc) is 2.86. The molecule has 2 heterocycles. The quantitative estimate of drug-likeness (QED) is 0.918. The number of aromatic nitrogens is 3. The van der Waals surface area contributed by atoms with Gasteiger partial charge in [0.2, 0.25) is 0 Å². The van der Waals surface area contributed by atoms with Crippen LogP contribution in [0.1, 0.15) is 65.0 Å². The Hall–Kier alpha value is -1.58. The Labute approximate surface area is 127 Å². The van der Waals surface area contributed by atoms with E-state index in [9.17, 15) is 0 Å². The highest BCUT2D eigenvalue weighted by Gasteiger charge is 2.32. The zero-order valence-electron chi connectivity index (χ0n) is 13.6. The molecule has 0 radical (unpaired) electrons. The predicted molar refractivity (Wildman–Crippen MR) is 86.7 cm³/mol. The molecule has 2 aromatic heterocycles. The minimum atomic E-state index is 0.327. The molecule has 1 aliphatic rings. The van der Waals surface area contributed by atoms with Crippen molar-refractivity contribution in [3.8, 4) is 0 Å². The summed E-state index contributed by atoms with van der Waals surface area (Å²) >= 11 is 0. The molecule has 0 bridgehead atoms. The second-order valence-corrected chi connectivity index (χ2v) is 7.26. The molecule has 4 heteroatoms. The van der Waals surface area contributed by atoms with Crippen LogP contribution in [0.25, 0.3) is 5.52 Å². The lowest BCUT2D eigenvalue weighted by Gasteiger charge is -2.39. The van der Waals surface area contributed by atoms with E-state index in [1.807, 2.05) is 16.9 Å². The molecule has 1 atom stereocenters. The largest absolute Gasteiger partial charge is 0.365 e. The molecule has 0 aliphatic heterocycles. The van der Waals surface area contributed by atoms with Gasteiger partial charge in [0, 0.05) is 18.4 Å². The van der Waals surface area contributed by atoms with Crippen LogP contribution < -0.4 is 5.32 Å². The fourth-order valence-electron chi connectivity index (χ4n) is 3.26. The van der Waals surface area contributed by atoms with Gasteiger partial charge in [-0.05, 0) is 30.2 Å². The van der Waals surface area contributed by atoms with Crippen LogP contribution in [0.2, 0.25) is 0 Å². The molecular formula is C17H26N4. The van der Waals surface area contributed by atoms with Gasteiger partial charge in [0.25, 0.3) is 0 Å². The first-order chi connectivity index (χ1) is 9.97. The third-order valence-corrected chi connectivity index (χ3v) is 4.82. The summed E-state index contributed by atoms with van der Waals surface area (Å²) in [6, 6.07) is 2.65. The van der Waals surface area contributed by atoms with E-state index in [0.29, 0.717) is 17.4 Å². The Kier molecular flexibility index (Phi) is 3.64. The molecule has 3 rings (SSSR count). The summed E-state index contributed by atoms with van der Waals surface area (Å²) in [6.45, 7) is 9.07. The molecule has 0 saturated heterocycles. The number of hydrogen-bond donors (Lipinski definition) is 1. The number of nitrogens with zero attached hydrogens (tertiary/aromatic N) is 3. The van der Waals surface area contributed by atoms with Crippen LogP contribution in [0.5, 0.6) is 0 Å². The fourth-order valence-corrected chi connectivity index (χ4v) is 3.26. The number of hydrogen-bond acceptors (Lipinski definition) is 3. The molecule has 1 aliphatic carbocycles. The number of rotatable bonds is 3. The van der Waals surface area contributed by atoms with Crippen LogP contribution in [0.3, 0.4) is 0 Å². The van der Waals surface area contributed by atoms with Crippen LogP contribution in [0.4, 0.5) is 5.82 Å². The lowest BCUT2D eigenvalue weighted by Crippen LogP contribution is -2.39. The molecule has 2 aromatic rings. The van der Waals surface area contributed by atoms with Gasteiger partial charge in [-0.3, -0.25) is 0 Å². The van der Waals surface area contributed by atoms with Crippen molar-refractivity contribution < 1.29 is 0 Å². The first kappa shape index (κ1) is 14.4. The lowest BCUT2D eigenvalue weighted by atomic mass is 9.73. The molecule has 0 aromatic carbocycles. The normalized spacial score (nSPS) is 21.9. The molecule has 0 spiro atoms. The summed E-state index contributed by atoms with van der Waals surface area (Å²) < 4.78 is 1.94. The molecule has 1 saturated carbocycles. The monoisotopic (exact) mass is 286 g/mol. The van der Waals surface area contributed by atoms with Crippen molar-refractivity contribution >= 4 is 11.3 Å². The van der Waals surface area contributed by atoms with Crippen LogP contribution in [-0.4, -0.2) is 20.6 Å². The average molecular weight is 286 g/mol. The smallest absolute Gasteiger partial charge is 0.152 e. The maximum absolute atomic E-state index is 4.64. The first-order valence-electron chi connectivity index (χ1n) is 8.08. The van der Waals surface area contributed by atoms with Gasteiger partial charge in [-0.1, -0.05) is 40.5 Å². The highest BCUT2D eigenvalue weighted by molar-refractivity contribution is 5.68. The predicted octanol–water partition coefficient (Wildman–Crippen LogP) is 4.23. The molecule has 21 heavy (non-hydrogen) atoms. The van der Waals surface area contributed by atoms with Crippen molar-refractivity contribution in [2.75, 3.05) is 5.32 Å². The molecule has 1 N–H and O–H groups in total. The van der Waals surface area contributed by atoms with Crippen LogP contribution in [0.15, 0.2) is 18.5 Å². The number of fused-ring (bicyclic) bond motifs is 1. The summed E-state index contributed by atoms with van der Waals surface area (Å²) in [5.41, 5.74) is 2.53. The fraction of sp³-hybridized carbons (Fsp3) is 0.647. The Morgan fingerprint density at radius 3 is 2.86 bits per heavy atom. The van der Waals surface area contributed by atoms with E-state index >= 15 is 0 Å². The Morgan fingerprint density at radius 2 is 2.14 bits per heavy atom.